The van der Waals surface area contributed by atoms with E-state index in [-0.39, 0.29) is 10.2 Å². The summed E-state index contributed by atoms with van der Waals surface area (Å²) in [6.07, 6.45) is 0. The molecule has 1 aromatic carbocycles. The first-order valence-electron chi connectivity index (χ1n) is 4.27. The standard InChI is InChI=1S/C9H7N3O2S2/c10-9(11)16-7-5-3-1-2-4-6(5)15-8(7)12(13)14/h1-4H,(H3,10,11). The van der Waals surface area contributed by atoms with E-state index in [2.05, 4.69) is 0 Å². The first-order valence-corrected chi connectivity index (χ1v) is 5.90. The number of nitrogens with one attached hydrogen (secondary N) is 1. The molecular weight excluding hydrogens is 246 g/mol. The van der Waals surface area contributed by atoms with Gasteiger partial charge in [-0.15, -0.1) is 0 Å². The van der Waals surface area contributed by atoms with Gasteiger partial charge in [0.1, 0.15) is 4.90 Å². The third-order valence-electron chi connectivity index (χ3n) is 1.91. The predicted octanol–water partition coefficient (Wildman–Crippen LogP) is 2.80. The van der Waals surface area contributed by atoms with Crippen molar-refractivity contribution in [1.29, 1.82) is 5.41 Å². The van der Waals surface area contributed by atoms with E-state index in [0.29, 0.717) is 4.90 Å². The van der Waals surface area contributed by atoms with E-state index < -0.39 is 4.92 Å². The van der Waals surface area contributed by atoms with Crippen molar-refractivity contribution in [2.24, 2.45) is 5.73 Å². The molecule has 0 amide bonds. The molecule has 7 heteroatoms. The average Bonchev–Trinajstić information content (AvgIpc) is 2.57. The summed E-state index contributed by atoms with van der Waals surface area (Å²) < 4.78 is 0.831. The van der Waals surface area contributed by atoms with Gasteiger partial charge in [-0.3, -0.25) is 15.5 Å². The second-order valence-corrected chi connectivity index (χ2v) is 5.04. The Balaban J connectivity index is 2.69. The smallest absolute Gasteiger partial charge is 0.339 e. The van der Waals surface area contributed by atoms with Gasteiger partial charge in [0, 0.05) is 10.1 Å². The van der Waals surface area contributed by atoms with Gasteiger partial charge in [-0.2, -0.15) is 0 Å². The van der Waals surface area contributed by atoms with Crippen LogP contribution >= 0.6 is 23.1 Å². The molecule has 0 bridgehead atoms. The summed E-state index contributed by atoms with van der Waals surface area (Å²) in [4.78, 5) is 10.9. The maximum atomic E-state index is 10.9. The lowest BCUT2D eigenvalue weighted by Gasteiger charge is -1.96. The highest BCUT2D eigenvalue weighted by Gasteiger charge is 2.22. The summed E-state index contributed by atoms with van der Waals surface area (Å²) in [5.41, 5.74) is 5.27. The molecule has 0 atom stereocenters. The van der Waals surface area contributed by atoms with Gasteiger partial charge < -0.3 is 5.73 Å². The van der Waals surface area contributed by atoms with Crippen LogP contribution in [-0.4, -0.2) is 10.1 Å². The van der Waals surface area contributed by atoms with Crippen molar-refractivity contribution in [1.82, 2.24) is 0 Å². The minimum Gasteiger partial charge on any atom is -0.378 e. The Hall–Kier alpha value is -1.60. The highest BCUT2D eigenvalue weighted by atomic mass is 32.2. The number of thiophene rings is 1. The second-order valence-electron chi connectivity index (χ2n) is 2.96. The summed E-state index contributed by atoms with van der Waals surface area (Å²) in [6.45, 7) is 0. The highest BCUT2D eigenvalue weighted by molar-refractivity contribution is 8.14. The van der Waals surface area contributed by atoms with Crippen LogP contribution in [0.1, 0.15) is 0 Å². The van der Waals surface area contributed by atoms with Crippen molar-refractivity contribution in [2.75, 3.05) is 0 Å². The quantitative estimate of drug-likeness (QED) is 0.283. The number of hydrogen-bond donors (Lipinski definition) is 2. The van der Waals surface area contributed by atoms with E-state index in [9.17, 15) is 10.1 Å². The SMILES string of the molecule is N=C(N)Sc1c([N+](=O)[O-])sc2ccccc12. The Morgan fingerprint density at radius 3 is 2.81 bits per heavy atom. The third kappa shape index (κ3) is 1.86. The van der Waals surface area contributed by atoms with Crippen LogP contribution in [-0.2, 0) is 0 Å². The minimum atomic E-state index is -0.435. The fraction of sp³-hybridized carbons (Fsp3) is 0. The number of nitrogens with two attached hydrogens (primary N) is 1. The Bertz CT molecular complexity index is 579. The zero-order valence-electron chi connectivity index (χ0n) is 7.97. The van der Waals surface area contributed by atoms with Crippen molar-refractivity contribution >= 4 is 43.4 Å². The number of nitrogens with zero attached hydrogens (tertiary/aromatic N) is 1. The van der Waals surface area contributed by atoms with Gasteiger partial charge in [0.2, 0.25) is 0 Å². The van der Waals surface area contributed by atoms with E-state index >= 15 is 0 Å². The van der Waals surface area contributed by atoms with Gasteiger partial charge in [-0.1, -0.05) is 29.5 Å². The first-order chi connectivity index (χ1) is 7.59. The molecule has 0 aliphatic carbocycles. The normalized spacial score (nSPS) is 10.5. The molecule has 16 heavy (non-hydrogen) atoms. The molecule has 0 saturated carbocycles. The van der Waals surface area contributed by atoms with Gasteiger partial charge in [0.05, 0.1) is 4.92 Å². The van der Waals surface area contributed by atoms with Crippen LogP contribution in [0.15, 0.2) is 29.2 Å². The van der Waals surface area contributed by atoms with Gasteiger partial charge in [-0.25, -0.2) is 0 Å². The summed E-state index contributed by atoms with van der Waals surface area (Å²) in [5.74, 6) is 0. The molecule has 82 valence electrons. The molecule has 0 aliphatic heterocycles. The molecule has 0 unspecified atom stereocenters. The van der Waals surface area contributed by atoms with Crippen molar-refractivity contribution in [3.63, 3.8) is 0 Å². The van der Waals surface area contributed by atoms with Crippen LogP contribution in [0.5, 0.6) is 0 Å². The van der Waals surface area contributed by atoms with E-state index in [1.54, 1.807) is 6.07 Å². The largest absolute Gasteiger partial charge is 0.378 e. The highest BCUT2D eigenvalue weighted by Crippen LogP contribution is 2.43. The molecule has 3 N–H and O–H groups in total. The number of hydrogen-bond acceptors (Lipinski definition) is 5. The average molecular weight is 253 g/mol. The van der Waals surface area contributed by atoms with Crippen LogP contribution in [0.3, 0.4) is 0 Å². The molecular formula is C9H7N3O2S2. The molecule has 0 saturated heterocycles. The molecule has 1 aromatic heterocycles. The first kappa shape index (κ1) is 10.9. The van der Waals surface area contributed by atoms with Gasteiger partial charge in [0.15, 0.2) is 5.17 Å². The number of fused-ring (bicyclic) bond motifs is 1. The Labute approximate surface area is 98.9 Å². The monoisotopic (exact) mass is 253 g/mol. The molecule has 5 nitrogen and oxygen atoms in total. The number of rotatable bonds is 2. The molecule has 0 radical (unpaired) electrons. The summed E-state index contributed by atoms with van der Waals surface area (Å²) in [6, 6.07) is 7.25. The van der Waals surface area contributed by atoms with Crippen LogP contribution < -0.4 is 5.73 Å². The molecule has 0 spiro atoms. The fourth-order valence-electron chi connectivity index (χ4n) is 1.34. The topological polar surface area (TPSA) is 93.0 Å². The summed E-state index contributed by atoms with van der Waals surface area (Å²) in [5, 5.41) is 18.7. The van der Waals surface area contributed by atoms with Crippen molar-refractivity contribution in [2.45, 2.75) is 4.90 Å². The fourth-order valence-corrected chi connectivity index (χ4v) is 3.23. The van der Waals surface area contributed by atoms with Crippen LogP contribution in [0, 0.1) is 15.5 Å². The Morgan fingerprint density at radius 1 is 1.50 bits per heavy atom. The van der Waals surface area contributed by atoms with Crippen molar-refractivity contribution in [3.8, 4) is 0 Å². The lowest BCUT2D eigenvalue weighted by molar-refractivity contribution is -0.382. The number of benzene rings is 1. The number of amidine groups is 1. The van der Waals surface area contributed by atoms with E-state index in [4.69, 9.17) is 11.1 Å². The molecule has 2 aromatic rings. The second kappa shape index (κ2) is 4.11. The Kier molecular flexibility index (Phi) is 2.80. The van der Waals surface area contributed by atoms with Crippen LogP contribution in [0.4, 0.5) is 5.00 Å². The van der Waals surface area contributed by atoms with Gasteiger partial charge in [0.25, 0.3) is 0 Å². The molecule has 1 heterocycles. The Morgan fingerprint density at radius 2 is 2.19 bits per heavy atom. The van der Waals surface area contributed by atoms with E-state index in [1.165, 1.54) is 0 Å². The number of thioether (sulfide) groups is 1. The van der Waals surface area contributed by atoms with Crippen LogP contribution in [0.25, 0.3) is 10.1 Å². The molecule has 0 aliphatic rings. The van der Waals surface area contributed by atoms with Crippen molar-refractivity contribution < 1.29 is 4.92 Å². The zero-order valence-corrected chi connectivity index (χ0v) is 9.60. The minimum absolute atomic E-state index is 0.0430. The van der Waals surface area contributed by atoms with Crippen molar-refractivity contribution in [3.05, 3.63) is 34.4 Å². The maximum absolute atomic E-state index is 10.9. The maximum Gasteiger partial charge on any atom is 0.339 e. The van der Waals surface area contributed by atoms with E-state index in [0.717, 1.165) is 33.2 Å². The predicted molar refractivity (Wildman–Crippen MR) is 66.3 cm³/mol. The van der Waals surface area contributed by atoms with Crippen LogP contribution in [0.2, 0.25) is 0 Å². The molecule has 0 fully saturated rings. The van der Waals surface area contributed by atoms with E-state index in [1.807, 2.05) is 18.2 Å². The summed E-state index contributed by atoms with van der Waals surface area (Å²) in [7, 11) is 0. The third-order valence-corrected chi connectivity index (χ3v) is 4.00. The lowest BCUT2D eigenvalue weighted by atomic mass is 10.3. The van der Waals surface area contributed by atoms with Gasteiger partial charge >= 0.3 is 5.00 Å². The number of nitro groups is 1. The van der Waals surface area contributed by atoms with Gasteiger partial charge in [-0.05, 0) is 17.8 Å². The molecule has 2 rings (SSSR count). The lowest BCUT2D eigenvalue weighted by Crippen LogP contribution is -2.03. The zero-order chi connectivity index (χ0) is 11.7. The summed E-state index contributed by atoms with van der Waals surface area (Å²) >= 11 is 2.02.